The molecule has 3 aromatic heterocycles. The number of nitrogens with one attached hydrogen (secondary N) is 1. The Hall–Kier alpha value is -2.81. The molecule has 26 heavy (non-hydrogen) atoms. The molecule has 9 heteroatoms. The Balaban J connectivity index is 1.50. The highest BCUT2D eigenvalue weighted by Crippen LogP contribution is 2.15. The van der Waals surface area contributed by atoms with Crippen LogP contribution >= 0.6 is 0 Å². The molecule has 0 aliphatic carbocycles. The van der Waals surface area contributed by atoms with Crippen molar-refractivity contribution in [3.63, 3.8) is 0 Å². The molecule has 1 atom stereocenters. The second-order valence-electron chi connectivity index (χ2n) is 6.51. The standard InChI is InChI=1S/C17H21N7O2/c1-2-22-8-3-4-12(22)10-18-15(25)11-23-9-6-13-16(17(23)26)21-20-14-5-7-19-24(13)14/h5-7,9,12H,2-4,8,10-11H2,1H3,(H,18,25). The molecule has 1 fully saturated rings. The second kappa shape index (κ2) is 6.83. The van der Waals surface area contributed by atoms with Crippen LogP contribution in [0.1, 0.15) is 19.8 Å². The Morgan fingerprint density at radius 1 is 1.35 bits per heavy atom. The Bertz CT molecular complexity index is 1010. The van der Waals surface area contributed by atoms with E-state index in [4.69, 9.17) is 0 Å². The number of carbonyl (C=O) groups excluding carboxylic acids is 1. The predicted octanol–water partition coefficient (Wildman–Crippen LogP) is 0.0397. The number of aromatic nitrogens is 5. The summed E-state index contributed by atoms with van der Waals surface area (Å²) in [5.74, 6) is -0.178. The number of fused-ring (bicyclic) bond motifs is 3. The lowest BCUT2D eigenvalue weighted by Crippen LogP contribution is -2.41. The zero-order valence-electron chi connectivity index (χ0n) is 14.6. The lowest BCUT2D eigenvalue weighted by Gasteiger charge is -2.22. The average molecular weight is 355 g/mol. The third kappa shape index (κ3) is 2.94. The summed E-state index contributed by atoms with van der Waals surface area (Å²) < 4.78 is 2.92. The van der Waals surface area contributed by atoms with Crippen molar-refractivity contribution < 1.29 is 4.79 Å². The van der Waals surface area contributed by atoms with Gasteiger partial charge in [0, 0.05) is 24.8 Å². The van der Waals surface area contributed by atoms with E-state index in [1.54, 1.807) is 29.0 Å². The van der Waals surface area contributed by atoms with Gasteiger partial charge in [-0.25, -0.2) is 4.52 Å². The van der Waals surface area contributed by atoms with Gasteiger partial charge < -0.3 is 9.88 Å². The van der Waals surface area contributed by atoms with Crippen molar-refractivity contribution in [2.75, 3.05) is 19.6 Å². The molecule has 4 heterocycles. The molecular formula is C17H21N7O2. The lowest BCUT2D eigenvalue weighted by molar-refractivity contribution is -0.121. The molecular weight excluding hydrogens is 334 g/mol. The van der Waals surface area contributed by atoms with Crippen LogP contribution in [0.4, 0.5) is 0 Å². The minimum atomic E-state index is -0.349. The Labute approximate surface area is 149 Å². The topological polar surface area (TPSA) is 97.4 Å². The van der Waals surface area contributed by atoms with E-state index in [0.29, 0.717) is 23.8 Å². The molecule has 136 valence electrons. The van der Waals surface area contributed by atoms with Gasteiger partial charge in [-0.15, -0.1) is 10.2 Å². The molecule has 1 amide bonds. The molecule has 1 aliphatic rings. The van der Waals surface area contributed by atoms with Gasteiger partial charge in [0.05, 0.1) is 6.20 Å². The van der Waals surface area contributed by atoms with Gasteiger partial charge in [-0.05, 0) is 32.0 Å². The van der Waals surface area contributed by atoms with Crippen molar-refractivity contribution in [1.82, 2.24) is 34.6 Å². The highest BCUT2D eigenvalue weighted by atomic mass is 16.2. The fourth-order valence-corrected chi connectivity index (χ4v) is 3.59. The van der Waals surface area contributed by atoms with Crippen LogP contribution in [-0.2, 0) is 11.3 Å². The number of likely N-dealkylation sites (tertiary alicyclic amines) is 1. The second-order valence-corrected chi connectivity index (χ2v) is 6.51. The smallest absolute Gasteiger partial charge is 0.281 e. The van der Waals surface area contributed by atoms with Crippen molar-refractivity contribution in [2.45, 2.75) is 32.4 Å². The first-order valence-corrected chi connectivity index (χ1v) is 8.87. The number of rotatable bonds is 5. The number of nitrogens with zero attached hydrogens (tertiary/aromatic N) is 6. The van der Waals surface area contributed by atoms with E-state index in [1.807, 2.05) is 0 Å². The van der Waals surface area contributed by atoms with E-state index in [9.17, 15) is 9.59 Å². The molecule has 1 saturated heterocycles. The summed E-state index contributed by atoms with van der Waals surface area (Å²) in [6.45, 7) is 4.79. The largest absolute Gasteiger partial charge is 0.353 e. The first-order chi connectivity index (χ1) is 12.7. The van der Waals surface area contributed by atoms with E-state index in [1.165, 1.54) is 11.0 Å². The minimum Gasteiger partial charge on any atom is -0.353 e. The summed E-state index contributed by atoms with van der Waals surface area (Å²) in [7, 11) is 0. The maximum Gasteiger partial charge on any atom is 0.281 e. The molecule has 4 rings (SSSR count). The first-order valence-electron chi connectivity index (χ1n) is 8.87. The third-order valence-electron chi connectivity index (χ3n) is 4.98. The molecule has 0 aromatic carbocycles. The summed E-state index contributed by atoms with van der Waals surface area (Å²) in [6, 6.07) is 3.83. The summed E-state index contributed by atoms with van der Waals surface area (Å²) >= 11 is 0. The number of amides is 1. The number of pyridine rings is 1. The minimum absolute atomic E-state index is 0.0353. The molecule has 0 radical (unpaired) electrons. The SMILES string of the molecule is CCN1CCCC1CNC(=O)Cn1ccc2c(nnc3ccnn32)c1=O. The van der Waals surface area contributed by atoms with Crippen LogP contribution in [0.3, 0.4) is 0 Å². The van der Waals surface area contributed by atoms with E-state index in [0.717, 1.165) is 19.5 Å². The number of carbonyl (C=O) groups is 1. The summed E-state index contributed by atoms with van der Waals surface area (Å²) in [6.07, 6.45) is 5.46. The molecule has 0 bridgehead atoms. The van der Waals surface area contributed by atoms with Crippen molar-refractivity contribution in [2.24, 2.45) is 0 Å². The number of hydrogen-bond donors (Lipinski definition) is 1. The van der Waals surface area contributed by atoms with Crippen molar-refractivity contribution in [1.29, 1.82) is 0 Å². The van der Waals surface area contributed by atoms with Crippen LogP contribution in [0.5, 0.6) is 0 Å². The van der Waals surface area contributed by atoms with Crippen LogP contribution < -0.4 is 10.9 Å². The van der Waals surface area contributed by atoms with Crippen LogP contribution in [0, 0.1) is 0 Å². The third-order valence-corrected chi connectivity index (χ3v) is 4.98. The Kier molecular flexibility index (Phi) is 4.37. The summed E-state index contributed by atoms with van der Waals surface area (Å²) in [5.41, 5.74) is 0.999. The van der Waals surface area contributed by atoms with E-state index >= 15 is 0 Å². The van der Waals surface area contributed by atoms with Gasteiger partial charge in [-0.1, -0.05) is 6.92 Å². The fraction of sp³-hybridized carbons (Fsp3) is 0.471. The fourth-order valence-electron chi connectivity index (χ4n) is 3.59. The van der Waals surface area contributed by atoms with Crippen LogP contribution in [0.15, 0.2) is 29.3 Å². The predicted molar refractivity (Wildman–Crippen MR) is 95.8 cm³/mol. The van der Waals surface area contributed by atoms with Gasteiger partial charge in [0.2, 0.25) is 5.91 Å². The van der Waals surface area contributed by atoms with E-state index in [2.05, 4.69) is 32.4 Å². The number of likely N-dealkylation sites (N-methyl/N-ethyl adjacent to an activating group) is 1. The van der Waals surface area contributed by atoms with Gasteiger partial charge in [-0.2, -0.15) is 5.10 Å². The lowest BCUT2D eigenvalue weighted by atomic mass is 10.2. The van der Waals surface area contributed by atoms with Gasteiger partial charge in [0.25, 0.3) is 5.56 Å². The monoisotopic (exact) mass is 355 g/mol. The van der Waals surface area contributed by atoms with Crippen molar-refractivity contribution in [3.05, 3.63) is 34.9 Å². The van der Waals surface area contributed by atoms with Crippen molar-refractivity contribution in [3.8, 4) is 0 Å². The van der Waals surface area contributed by atoms with Crippen LogP contribution in [0.25, 0.3) is 16.7 Å². The van der Waals surface area contributed by atoms with Crippen LogP contribution in [-0.4, -0.2) is 60.9 Å². The average Bonchev–Trinajstić information content (AvgIpc) is 3.30. The summed E-state index contributed by atoms with van der Waals surface area (Å²) in [4.78, 5) is 27.3. The molecule has 0 spiro atoms. The molecule has 0 saturated carbocycles. The molecule has 1 aliphatic heterocycles. The number of hydrogen-bond acceptors (Lipinski definition) is 6. The highest BCUT2D eigenvalue weighted by molar-refractivity contribution is 5.77. The van der Waals surface area contributed by atoms with Gasteiger partial charge in [-0.3, -0.25) is 14.5 Å². The Morgan fingerprint density at radius 2 is 2.23 bits per heavy atom. The normalized spacial score (nSPS) is 18.0. The zero-order valence-corrected chi connectivity index (χ0v) is 14.6. The van der Waals surface area contributed by atoms with Gasteiger partial charge in [0.15, 0.2) is 11.2 Å². The first kappa shape index (κ1) is 16.6. The van der Waals surface area contributed by atoms with Crippen molar-refractivity contribution >= 4 is 22.6 Å². The molecule has 3 aromatic rings. The van der Waals surface area contributed by atoms with Gasteiger partial charge >= 0.3 is 0 Å². The highest BCUT2D eigenvalue weighted by Gasteiger charge is 2.23. The van der Waals surface area contributed by atoms with E-state index < -0.39 is 0 Å². The van der Waals surface area contributed by atoms with E-state index in [-0.39, 0.29) is 23.5 Å². The molecule has 1 unspecified atom stereocenters. The molecule has 9 nitrogen and oxygen atoms in total. The maximum atomic E-state index is 12.6. The quantitative estimate of drug-likeness (QED) is 0.694. The van der Waals surface area contributed by atoms with Gasteiger partial charge in [0.1, 0.15) is 12.1 Å². The van der Waals surface area contributed by atoms with Crippen LogP contribution in [0.2, 0.25) is 0 Å². The maximum absolute atomic E-state index is 12.6. The zero-order chi connectivity index (χ0) is 18.1. The molecule has 1 N–H and O–H groups in total. The summed E-state index contributed by atoms with van der Waals surface area (Å²) in [5, 5.41) is 15.1. The Morgan fingerprint density at radius 3 is 3.08 bits per heavy atom.